The number of hydrogen-bond donors (Lipinski definition) is 1. The van der Waals surface area contributed by atoms with Crippen molar-refractivity contribution in [1.82, 2.24) is 4.98 Å². The lowest BCUT2D eigenvalue weighted by molar-refractivity contribution is 0.112. The van der Waals surface area contributed by atoms with Crippen molar-refractivity contribution in [3.8, 4) is 16.9 Å². The minimum Gasteiger partial charge on any atom is -0.507 e. The lowest BCUT2D eigenvalue weighted by Gasteiger charge is -2.19. The first-order valence-corrected chi connectivity index (χ1v) is 9.01. The van der Waals surface area contributed by atoms with E-state index in [-0.39, 0.29) is 5.75 Å². The van der Waals surface area contributed by atoms with Gasteiger partial charge in [-0.2, -0.15) is 0 Å². The summed E-state index contributed by atoms with van der Waals surface area (Å²) < 4.78 is 0. The Balaban J connectivity index is 2.26. The zero-order valence-electron chi connectivity index (χ0n) is 15.9. The topological polar surface area (TPSA) is 50.2 Å². The van der Waals surface area contributed by atoms with Crippen molar-refractivity contribution in [2.24, 2.45) is 0 Å². The second-order valence-electron chi connectivity index (χ2n) is 7.12. The molecule has 27 heavy (non-hydrogen) atoms. The number of phenols is 1. The van der Waals surface area contributed by atoms with E-state index in [1.807, 2.05) is 24.3 Å². The molecule has 3 heteroatoms. The van der Waals surface area contributed by atoms with Crippen molar-refractivity contribution in [1.29, 1.82) is 0 Å². The molecule has 1 N–H and O–H groups in total. The van der Waals surface area contributed by atoms with Crippen molar-refractivity contribution in [3.63, 3.8) is 0 Å². The van der Waals surface area contributed by atoms with Crippen LogP contribution in [0.5, 0.6) is 5.75 Å². The summed E-state index contributed by atoms with van der Waals surface area (Å²) in [7, 11) is 0. The molecule has 4 aromatic rings. The summed E-state index contributed by atoms with van der Waals surface area (Å²) in [6.07, 6.45) is 0.671. The van der Waals surface area contributed by atoms with Crippen molar-refractivity contribution >= 4 is 28.1 Å². The van der Waals surface area contributed by atoms with Gasteiger partial charge in [-0.1, -0.05) is 24.3 Å². The molecule has 4 rings (SSSR count). The molecule has 0 unspecified atom stereocenters. The number of hydrogen-bond acceptors (Lipinski definition) is 3. The van der Waals surface area contributed by atoms with Gasteiger partial charge in [0.15, 0.2) is 6.29 Å². The smallest absolute Gasteiger partial charge is 0.153 e. The van der Waals surface area contributed by atoms with Crippen LogP contribution in [0.4, 0.5) is 0 Å². The zero-order valence-corrected chi connectivity index (χ0v) is 15.9. The zero-order chi connectivity index (χ0) is 19.3. The van der Waals surface area contributed by atoms with E-state index in [1.54, 1.807) is 12.1 Å². The molecule has 3 nitrogen and oxygen atoms in total. The quantitative estimate of drug-likeness (QED) is 0.365. The molecule has 0 radical (unpaired) electrons. The molecule has 0 aliphatic heterocycles. The summed E-state index contributed by atoms with van der Waals surface area (Å²) in [5.41, 5.74) is 9.02. The number of nitrogens with zero attached hydrogens (tertiary/aromatic N) is 1. The first-order chi connectivity index (χ1) is 12.9. The van der Waals surface area contributed by atoms with Gasteiger partial charge in [-0.3, -0.25) is 4.79 Å². The minimum atomic E-state index is -0.00486. The van der Waals surface area contributed by atoms with Crippen LogP contribution in [0.25, 0.3) is 32.9 Å². The molecule has 134 valence electrons. The summed E-state index contributed by atoms with van der Waals surface area (Å²) in [5.74, 6) is -0.00486. The van der Waals surface area contributed by atoms with Gasteiger partial charge < -0.3 is 5.11 Å². The van der Waals surface area contributed by atoms with E-state index in [4.69, 9.17) is 4.98 Å². The maximum absolute atomic E-state index is 11.1. The first kappa shape index (κ1) is 17.2. The van der Waals surface area contributed by atoms with Crippen LogP contribution in [0.2, 0.25) is 0 Å². The van der Waals surface area contributed by atoms with Crippen LogP contribution >= 0.6 is 0 Å². The molecule has 3 aromatic carbocycles. The Morgan fingerprint density at radius 1 is 0.889 bits per heavy atom. The van der Waals surface area contributed by atoms with E-state index in [9.17, 15) is 9.90 Å². The fourth-order valence-electron chi connectivity index (χ4n) is 3.87. The molecule has 0 amide bonds. The lowest BCUT2D eigenvalue weighted by atomic mass is 9.87. The Bertz CT molecular complexity index is 1240. The van der Waals surface area contributed by atoms with Crippen molar-refractivity contribution in [2.75, 3.05) is 0 Å². The molecule has 1 aromatic heterocycles. The van der Waals surface area contributed by atoms with Gasteiger partial charge in [-0.25, -0.2) is 4.98 Å². The standard InChI is InChI=1S/C24H21NO2/c1-13-14(2)16(4)24-22(15(13)3)23(19-7-5-6-8-20(19)25-24)17-9-10-18(12-26)21(27)11-17/h5-12,27H,1-4H3. The predicted octanol–water partition coefficient (Wildman–Crippen LogP) is 5.81. The third-order valence-electron chi connectivity index (χ3n) is 5.76. The highest BCUT2D eigenvalue weighted by atomic mass is 16.3. The van der Waals surface area contributed by atoms with Crippen LogP contribution in [0.1, 0.15) is 32.6 Å². The van der Waals surface area contributed by atoms with Gasteiger partial charge >= 0.3 is 0 Å². The van der Waals surface area contributed by atoms with Crippen molar-refractivity contribution in [2.45, 2.75) is 27.7 Å². The van der Waals surface area contributed by atoms with Gasteiger partial charge in [0.25, 0.3) is 0 Å². The summed E-state index contributed by atoms with van der Waals surface area (Å²) >= 11 is 0. The highest BCUT2D eigenvalue weighted by Gasteiger charge is 2.18. The number of aromatic nitrogens is 1. The van der Waals surface area contributed by atoms with Gasteiger partial charge in [-0.05, 0) is 73.7 Å². The van der Waals surface area contributed by atoms with Crippen molar-refractivity contribution < 1.29 is 9.90 Å². The summed E-state index contributed by atoms with van der Waals surface area (Å²) in [5, 5.41) is 12.4. The normalized spacial score (nSPS) is 11.3. The molecule has 0 aliphatic carbocycles. The van der Waals surface area contributed by atoms with Crippen molar-refractivity contribution in [3.05, 3.63) is 70.3 Å². The third-order valence-corrected chi connectivity index (χ3v) is 5.76. The molecule has 0 aliphatic rings. The monoisotopic (exact) mass is 355 g/mol. The van der Waals surface area contributed by atoms with Crippen LogP contribution in [0.15, 0.2) is 42.5 Å². The average molecular weight is 355 g/mol. The number of fused-ring (bicyclic) bond motifs is 2. The second-order valence-corrected chi connectivity index (χ2v) is 7.12. The number of aryl methyl sites for hydroxylation is 2. The maximum Gasteiger partial charge on any atom is 0.153 e. The summed E-state index contributed by atoms with van der Waals surface area (Å²) in [4.78, 5) is 16.1. The largest absolute Gasteiger partial charge is 0.507 e. The highest BCUT2D eigenvalue weighted by Crippen LogP contribution is 2.40. The van der Waals surface area contributed by atoms with E-state index in [1.165, 1.54) is 22.3 Å². The number of phenolic OH excluding ortho intramolecular Hbond substituents is 1. The molecule has 0 saturated carbocycles. The number of aromatic hydroxyl groups is 1. The van der Waals surface area contributed by atoms with Crippen LogP contribution < -0.4 is 0 Å². The van der Waals surface area contributed by atoms with Crippen LogP contribution in [0, 0.1) is 27.7 Å². The number of aldehydes is 1. The Labute approximate surface area is 158 Å². The van der Waals surface area contributed by atoms with E-state index in [0.29, 0.717) is 11.8 Å². The molecule has 0 atom stereocenters. The lowest BCUT2D eigenvalue weighted by Crippen LogP contribution is -1.99. The fraction of sp³-hybridized carbons (Fsp3) is 0.167. The molecule has 1 heterocycles. The number of rotatable bonds is 2. The molecule has 0 fully saturated rings. The van der Waals surface area contributed by atoms with Gasteiger partial charge in [0.1, 0.15) is 5.75 Å². The molecular weight excluding hydrogens is 334 g/mol. The molecule has 0 saturated heterocycles. The second kappa shape index (κ2) is 6.20. The molecular formula is C24H21NO2. The Kier molecular flexibility index (Phi) is 3.96. The number of carbonyl (C=O) groups is 1. The highest BCUT2D eigenvalue weighted by molar-refractivity contribution is 6.12. The summed E-state index contributed by atoms with van der Waals surface area (Å²) in [6, 6.07) is 13.3. The van der Waals surface area contributed by atoms with Crippen LogP contribution in [0.3, 0.4) is 0 Å². The number of carbonyl (C=O) groups excluding carboxylic acids is 1. The van der Waals surface area contributed by atoms with Gasteiger partial charge in [0, 0.05) is 16.3 Å². The Morgan fingerprint density at radius 3 is 2.30 bits per heavy atom. The van der Waals surface area contributed by atoms with E-state index < -0.39 is 0 Å². The first-order valence-electron chi connectivity index (χ1n) is 9.01. The number of benzene rings is 3. The van der Waals surface area contributed by atoms with Crippen LogP contribution in [-0.4, -0.2) is 16.4 Å². The van der Waals surface area contributed by atoms with E-state index in [0.717, 1.165) is 32.9 Å². The minimum absolute atomic E-state index is 0.00486. The predicted molar refractivity (Wildman–Crippen MR) is 111 cm³/mol. The van der Waals surface area contributed by atoms with E-state index >= 15 is 0 Å². The maximum atomic E-state index is 11.1. The Hall–Kier alpha value is -3.20. The van der Waals surface area contributed by atoms with Gasteiger partial charge in [0.05, 0.1) is 16.6 Å². The third kappa shape index (κ3) is 2.50. The fourth-order valence-corrected chi connectivity index (χ4v) is 3.87. The Morgan fingerprint density at radius 2 is 1.59 bits per heavy atom. The summed E-state index contributed by atoms with van der Waals surface area (Å²) in [6.45, 7) is 8.52. The number of pyridine rings is 1. The number of para-hydroxylation sites is 1. The SMILES string of the molecule is Cc1c(C)c(C)c2c(-c3ccc(C=O)c(O)c3)c3ccccc3nc2c1C. The van der Waals surface area contributed by atoms with Gasteiger partial charge in [-0.15, -0.1) is 0 Å². The van der Waals surface area contributed by atoms with E-state index in [2.05, 4.69) is 33.8 Å². The van der Waals surface area contributed by atoms with Gasteiger partial charge in [0.2, 0.25) is 0 Å². The molecule has 0 spiro atoms. The average Bonchev–Trinajstić information content (AvgIpc) is 2.69. The molecule has 0 bridgehead atoms. The van der Waals surface area contributed by atoms with Crippen LogP contribution in [-0.2, 0) is 0 Å².